The van der Waals surface area contributed by atoms with Gasteiger partial charge in [-0.05, 0) is 55.3 Å². The normalized spacial score (nSPS) is 17.5. The summed E-state index contributed by atoms with van der Waals surface area (Å²) < 4.78 is 44.5. The molecule has 10 heteroatoms. The largest absolute Gasteiger partial charge is 0.493 e. The van der Waals surface area contributed by atoms with E-state index in [-0.39, 0.29) is 10.8 Å². The molecule has 3 aromatic rings. The van der Waals surface area contributed by atoms with Gasteiger partial charge in [-0.3, -0.25) is 0 Å². The summed E-state index contributed by atoms with van der Waals surface area (Å²) in [6, 6.07) is 12.0. The van der Waals surface area contributed by atoms with Crippen molar-refractivity contribution in [2.24, 2.45) is 0 Å². The molecule has 31 heavy (non-hydrogen) atoms. The van der Waals surface area contributed by atoms with E-state index in [2.05, 4.69) is 26.1 Å². The molecule has 2 heterocycles. The standard InChI is InChI=1S/C21H22BrN3O5S/c1-28-18-10-5-14(12-19(18)29-2)20-23-21(30-24-20)15-4-3-11-25(13-15)31(26,27)17-8-6-16(22)7-9-17/h5-10,12,15H,3-4,11,13H2,1-2H3. The van der Waals surface area contributed by atoms with Crippen LogP contribution in [0.1, 0.15) is 24.7 Å². The lowest BCUT2D eigenvalue weighted by Crippen LogP contribution is -2.39. The zero-order chi connectivity index (χ0) is 22.0. The van der Waals surface area contributed by atoms with E-state index in [1.807, 2.05) is 6.07 Å². The van der Waals surface area contributed by atoms with E-state index in [1.165, 1.54) is 4.31 Å². The topological polar surface area (TPSA) is 94.8 Å². The molecule has 1 aromatic heterocycles. The van der Waals surface area contributed by atoms with Crippen LogP contribution in [-0.4, -0.2) is 50.2 Å². The number of hydrogen-bond acceptors (Lipinski definition) is 7. The highest BCUT2D eigenvalue weighted by Gasteiger charge is 2.33. The molecule has 8 nitrogen and oxygen atoms in total. The minimum atomic E-state index is -3.59. The lowest BCUT2D eigenvalue weighted by molar-refractivity contribution is 0.265. The van der Waals surface area contributed by atoms with Gasteiger partial charge in [-0.15, -0.1) is 0 Å². The first kappa shape index (κ1) is 21.8. The number of nitrogens with zero attached hydrogens (tertiary/aromatic N) is 3. The molecule has 1 aliphatic rings. The highest BCUT2D eigenvalue weighted by molar-refractivity contribution is 9.10. The summed E-state index contributed by atoms with van der Waals surface area (Å²) in [6.07, 6.45) is 1.49. The number of benzene rings is 2. The molecule has 0 amide bonds. The lowest BCUT2D eigenvalue weighted by Gasteiger charge is -2.30. The predicted octanol–water partition coefficient (Wildman–Crippen LogP) is 4.08. The van der Waals surface area contributed by atoms with E-state index in [0.717, 1.165) is 16.5 Å². The number of hydrogen-bond donors (Lipinski definition) is 0. The molecule has 0 saturated carbocycles. The van der Waals surface area contributed by atoms with E-state index in [9.17, 15) is 8.42 Å². The SMILES string of the molecule is COc1ccc(-c2noc(C3CCCN(S(=O)(=O)c4ccc(Br)cc4)C3)n2)cc1OC. The fraction of sp³-hybridized carbons (Fsp3) is 0.333. The van der Waals surface area contributed by atoms with Crippen molar-refractivity contribution in [3.63, 3.8) is 0 Å². The van der Waals surface area contributed by atoms with Crippen molar-refractivity contribution >= 4 is 26.0 Å². The number of sulfonamides is 1. The molecule has 1 fully saturated rings. The summed E-state index contributed by atoms with van der Waals surface area (Å²) in [7, 11) is -0.458. The molecular weight excluding hydrogens is 486 g/mol. The van der Waals surface area contributed by atoms with Gasteiger partial charge in [0.05, 0.1) is 25.0 Å². The van der Waals surface area contributed by atoms with E-state index in [1.54, 1.807) is 50.6 Å². The zero-order valence-electron chi connectivity index (χ0n) is 17.1. The lowest BCUT2D eigenvalue weighted by atomic mass is 10.00. The second kappa shape index (κ2) is 8.97. The summed E-state index contributed by atoms with van der Waals surface area (Å²) in [4.78, 5) is 4.81. The van der Waals surface area contributed by atoms with Crippen LogP contribution in [0.2, 0.25) is 0 Å². The van der Waals surface area contributed by atoms with Crippen molar-refractivity contribution in [2.75, 3.05) is 27.3 Å². The smallest absolute Gasteiger partial charge is 0.243 e. The third-order valence-corrected chi connectivity index (χ3v) is 7.68. The Morgan fingerprint density at radius 3 is 2.55 bits per heavy atom. The predicted molar refractivity (Wildman–Crippen MR) is 118 cm³/mol. The quantitative estimate of drug-likeness (QED) is 0.495. The van der Waals surface area contributed by atoms with Crippen LogP contribution in [0.15, 0.2) is 56.4 Å². The maximum Gasteiger partial charge on any atom is 0.243 e. The van der Waals surface area contributed by atoms with Gasteiger partial charge in [0, 0.05) is 23.1 Å². The van der Waals surface area contributed by atoms with Crippen LogP contribution < -0.4 is 9.47 Å². The van der Waals surface area contributed by atoms with Crippen molar-refractivity contribution < 1.29 is 22.4 Å². The maximum atomic E-state index is 13.1. The Bertz CT molecular complexity index is 1160. The number of methoxy groups -OCH3 is 2. The highest BCUT2D eigenvalue weighted by Crippen LogP contribution is 2.33. The Balaban J connectivity index is 1.55. The Morgan fingerprint density at radius 1 is 1.10 bits per heavy atom. The summed E-state index contributed by atoms with van der Waals surface area (Å²) in [6.45, 7) is 0.761. The minimum Gasteiger partial charge on any atom is -0.493 e. The fourth-order valence-electron chi connectivity index (χ4n) is 3.61. The van der Waals surface area contributed by atoms with Gasteiger partial charge in [0.1, 0.15) is 0 Å². The number of aromatic nitrogens is 2. The van der Waals surface area contributed by atoms with Crippen LogP contribution in [0.25, 0.3) is 11.4 Å². The Morgan fingerprint density at radius 2 is 1.84 bits per heavy atom. The maximum absolute atomic E-state index is 13.1. The van der Waals surface area contributed by atoms with Crippen molar-refractivity contribution in [1.82, 2.24) is 14.4 Å². The first-order valence-corrected chi connectivity index (χ1v) is 12.0. The monoisotopic (exact) mass is 507 g/mol. The van der Waals surface area contributed by atoms with Crippen LogP contribution in [0.4, 0.5) is 0 Å². The zero-order valence-corrected chi connectivity index (χ0v) is 19.5. The van der Waals surface area contributed by atoms with Gasteiger partial charge in [0.2, 0.25) is 21.7 Å². The molecule has 0 aliphatic carbocycles. The van der Waals surface area contributed by atoms with Gasteiger partial charge in [-0.25, -0.2) is 8.42 Å². The Labute approximate surface area is 189 Å². The molecule has 1 unspecified atom stereocenters. The van der Waals surface area contributed by atoms with Gasteiger partial charge >= 0.3 is 0 Å². The molecular formula is C21H22BrN3O5S. The van der Waals surface area contributed by atoms with E-state index >= 15 is 0 Å². The second-order valence-corrected chi connectivity index (χ2v) is 10.0. The minimum absolute atomic E-state index is 0.166. The third kappa shape index (κ3) is 4.46. The Kier molecular flexibility index (Phi) is 6.31. The molecule has 164 valence electrons. The van der Waals surface area contributed by atoms with Gasteiger partial charge in [0.15, 0.2) is 11.5 Å². The van der Waals surface area contributed by atoms with Gasteiger partial charge in [-0.1, -0.05) is 21.1 Å². The van der Waals surface area contributed by atoms with Crippen molar-refractivity contribution in [3.8, 4) is 22.9 Å². The molecule has 1 atom stereocenters. The average molecular weight is 508 g/mol. The number of rotatable bonds is 6. The van der Waals surface area contributed by atoms with Crippen LogP contribution in [0.5, 0.6) is 11.5 Å². The summed E-state index contributed by atoms with van der Waals surface area (Å²) in [5, 5.41) is 4.09. The van der Waals surface area contributed by atoms with Crippen LogP contribution >= 0.6 is 15.9 Å². The highest BCUT2D eigenvalue weighted by atomic mass is 79.9. The van der Waals surface area contributed by atoms with E-state index in [0.29, 0.717) is 42.7 Å². The first-order valence-electron chi connectivity index (χ1n) is 9.74. The molecule has 0 radical (unpaired) electrons. The average Bonchev–Trinajstić information content (AvgIpc) is 3.29. The number of ether oxygens (including phenoxy) is 2. The Hall–Kier alpha value is -2.43. The van der Waals surface area contributed by atoms with Crippen molar-refractivity contribution in [3.05, 3.63) is 52.8 Å². The number of piperidine rings is 1. The third-order valence-electron chi connectivity index (χ3n) is 5.27. The van der Waals surface area contributed by atoms with E-state index in [4.69, 9.17) is 14.0 Å². The number of halogens is 1. The fourth-order valence-corrected chi connectivity index (χ4v) is 5.40. The summed E-state index contributed by atoms with van der Waals surface area (Å²) in [5.41, 5.74) is 0.725. The summed E-state index contributed by atoms with van der Waals surface area (Å²) in [5.74, 6) is 1.86. The van der Waals surface area contributed by atoms with Gasteiger partial charge in [0.25, 0.3) is 0 Å². The summed E-state index contributed by atoms with van der Waals surface area (Å²) >= 11 is 3.34. The van der Waals surface area contributed by atoms with Crippen molar-refractivity contribution in [2.45, 2.75) is 23.7 Å². The van der Waals surface area contributed by atoms with E-state index < -0.39 is 10.0 Å². The molecule has 0 N–H and O–H groups in total. The molecule has 4 rings (SSSR count). The molecule has 1 aliphatic heterocycles. The molecule has 0 bridgehead atoms. The van der Waals surface area contributed by atoms with Gasteiger partial charge in [-0.2, -0.15) is 9.29 Å². The molecule has 2 aromatic carbocycles. The van der Waals surface area contributed by atoms with Crippen LogP contribution in [0, 0.1) is 0 Å². The van der Waals surface area contributed by atoms with Gasteiger partial charge < -0.3 is 14.0 Å². The van der Waals surface area contributed by atoms with Crippen molar-refractivity contribution in [1.29, 1.82) is 0 Å². The van der Waals surface area contributed by atoms with Crippen LogP contribution in [0.3, 0.4) is 0 Å². The molecule has 1 saturated heterocycles. The van der Waals surface area contributed by atoms with Crippen LogP contribution in [-0.2, 0) is 10.0 Å². The second-order valence-electron chi connectivity index (χ2n) is 7.18. The molecule has 0 spiro atoms. The first-order chi connectivity index (χ1) is 14.9.